The van der Waals surface area contributed by atoms with E-state index in [4.69, 9.17) is 4.74 Å². The fourth-order valence-electron chi connectivity index (χ4n) is 2.36. The number of nitrogens with one attached hydrogen (secondary N) is 2. The predicted octanol–water partition coefficient (Wildman–Crippen LogP) is 3.46. The standard InChI is InChI=1S/C19H24N2O3S/c1-6-15-10-17(25-14(15)5)19(23)21-20-18(22)13(4)24-16-9-7-8-11(2)12(16)3/h7-10,13H,6H2,1-5H3,(H,20,22)(H,21,23). The Kier molecular flexibility index (Phi) is 6.20. The van der Waals surface area contributed by atoms with Crippen molar-refractivity contribution in [2.24, 2.45) is 0 Å². The summed E-state index contributed by atoms with van der Waals surface area (Å²) < 4.78 is 5.71. The predicted molar refractivity (Wildman–Crippen MR) is 100 cm³/mol. The highest BCUT2D eigenvalue weighted by Crippen LogP contribution is 2.22. The van der Waals surface area contributed by atoms with E-state index in [1.165, 1.54) is 11.3 Å². The lowest BCUT2D eigenvalue weighted by Crippen LogP contribution is -2.47. The first kappa shape index (κ1) is 19.0. The van der Waals surface area contributed by atoms with Crippen LogP contribution in [0.15, 0.2) is 24.3 Å². The Labute approximate surface area is 152 Å². The van der Waals surface area contributed by atoms with Crippen LogP contribution < -0.4 is 15.6 Å². The Hall–Kier alpha value is -2.34. The van der Waals surface area contributed by atoms with E-state index in [9.17, 15) is 9.59 Å². The average Bonchev–Trinajstić information content (AvgIpc) is 2.97. The molecule has 0 fully saturated rings. The number of carbonyl (C=O) groups excluding carboxylic acids is 2. The fraction of sp³-hybridized carbons (Fsp3) is 0.368. The first-order valence-corrected chi connectivity index (χ1v) is 9.07. The van der Waals surface area contributed by atoms with Gasteiger partial charge in [0.25, 0.3) is 11.8 Å². The molecule has 2 rings (SSSR count). The third kappa shape index (κ3) is 4.60. The summed E-state index contributed by atoms with van der Waals surface area (Å²) in [5.41, 5.74) is 8.11. The van der Waals surface area contributed by atoms with Gasteiger partial charge in [0.15, 0.2) is 6.10 Å². The molecular formula is C19H24N2O3S. The van der Waals surface area contributed by atoms with Crippen molar-refractivity contribution >= 4 is 23.2 Å². The maximum absolute atomic E-state index is 12.2. The number of hydrogen-bond donors (Lipinski definition) is 2. The number of hydrazine groups is 1. The number of hydrogen-bond acceptors (Lipinski definition) is 4. The Morgan fingerprint density at radius 1 is 1.20 bits per heavy atom. The number of amides is 2. The minimum Gasteiger partial charge on any atom is -0.481 e. The molecule has 2 amide bonds. The number of ether oxygens (including phenoxy) is 1. The number of aryl methyl sites for hydroxylation is 3. The lowest BCUT2D eigenvalue weighted by Gasteiger charge is -2.17. The maximum atomic E-state index is 12.2. The van der Waals surface area contributed by atoms with Gasteiger partial charge < -0.3 is 4.74 Å². The molecule has 1 atom stereocenters. The largest absolute Gasteiger partial charge is 0.481 e. The summed E-state index contributed by atoms with van der Waals surface area (Å²) >= 11 is 1.42. The van der Waals surface area contributed by atoms with Gasteiger partial charge in [-0.15, -0.1) is 11.3 Å². The molecule has 0 radical (unpaired) electrons. The van der Waals surface area contributed by atoms with Crippen molar-refractivity contribution in [3.05, 3.63) is 50.7 Å². The van der Waals surface area contributed by atoms with Crippen LogP contribution in [-0.4, -0.2) is 17.9 Å². The summed E-state index contributed by atoms with van der Waals surface area (Å²) in [6.45, 7) is 9.61. The Bertz CT molecular complexity index is 783. The van der Waals surface area contributed by atoms with Gasteiger partial charge in [-0.2, -0.15) is 0 Å². The van der Waals surface area contributed by atoms with Crippen LogP contribution in [-0.2, 0) is 11.2 Å². The molecule has 5 nitrogen and oxygen atoms in total. The molecule has 25 heavy (non-hydrogen) atoms. The van der Waals surface area contributed by atoms with E-state index in [2.05, 4.69) is 10.9 Å². The summed E-state index contributed by atoms with van der Waals surface area (Å²) in [6.07, 6.45) is 0.153. The Morgan fingerprint density at radius 3 is 2.56 bits per heavy atom. The van der Waals surface area contributed by atoms with Gasteiger partial charge in [0.2, 0.25) is 0 Å². The van der Waals surface area contributed by atoms with Crippen molar-refractivity contribution in [2.45, 2.75) is 47.1 Å². The molecule has 2 N–H and O–H groups in total. The molecule has 0 aliphatic rings. The number of carbonyl (C=O) groups is 2. The smallest absolute Gasteiger partial charge is 0.279 e. The molecule has 0 aliphatic heterocycles. The highest BCUT2D eigenvalue weighted by Gasteiger charge is 2.18. The first-order valence-electron chi connectivity index (χ1n) is 8.25. The van der Waals surface area contributed by atoms with Gasteiger partial charge in [-0.3, -0.25) is 20.4 Å². The van der Waals surface area contributed by atoms with Crippen molar-refractivity contribution in [1.29, 1.82) is 0 Å². The molecule has 0 spiro atoms. The van der Waals surface area contributed by atoms with Crippen molar-refractivity contribution in [2.75, 3.05) is 0 Å². The zero-order valence-electron chi connectivity index (χ0n) is 15.2. The quantitative estimate of drug-likeness (QED) is 0.803. The molecule has 1 heterocycles. The van der Waals surface area contributed by atoms with E-state index in [1.807, 2.05) is 52.0 Å². The summed E-state index contributed by atoms with van der Waals surface area (Å²) in [6, 6.07) is 7.55. The van der Waals surface area contributed by atoms with Gasteiger partial charge in [0.05, 0.1) is 4.88 Å². The van der Waals surface area contributed by atoms with E-state index >= 15 is 0 Å². The number of benzene rings is 1. The highest BCUT2D eigenvalue weighted by molar-refractivity contribution is 7.14. The van der Waals surface area contributed by atoms with Crippen LogP contribution in [0.25, 0.3) is 0 Å². The molecule has 0 saturated heterocycles. The van der Waals surface area contributed by atoms with Crippen LogP contribution in [0.4, 0.5) is 0 Å². The fourth-order valence-corrected chi connectivity index (χ4v) is 3.37. The lowest BCUT2D eigenvalue weighted by atomic mass is 10.1. The van der Waals surface area contributed by atoms with Gasteiger partial charge >= 0.3 is 0 Å². The lowest BCUT2D eigenvalue weighted by molar-refractivity contribution is -0.128. The summed E-state index contributed by atoms with van der Waals surface area (Å²) in [5.74, 6) is -0.0613. The molecule has 1 unspecified atom stereocenters. The van der Waals surface area contributed by atoms with Gasteiger partial charge in [-0.05, 0) is 62.9 Å². The topological polar surface area (TPSA) is 67.4 Å². The van der Waals surface area contributed by atoms with Crippen LogP contribution in [0.3, 0.4) is 0 Å². The zero-order valence-corrected chi connectivity index (χ0v) is 16.0. The summed E-state index contributed by atoms with van der Waals surface area (Å²) in [4.78, 5) is 26.0. The minimum absolute atomic E-state index is 0.319. The highest BCUT2D eigenvalue weighted by atomic mass is 32.1. The SMILES string of the molecule is CCc1cc(C(=O)NNC(=O)C(C)Oc2cccc(C)c2C)sc1C. The number of thiophene rings is 1. The molecular weight excluding hydrogens is 336 g/mol. The van der Waals surface area contributed by atoms with E-state index in [-0.39, 0.29) is 5.91 Å². The third-order valence-electron chi connectivity index (χ3n) is 4.15. The monoisotopic (exact) mass is 360 g/mol. The maximum Gasteiger partial charge on any atom is 0.279 e. The summed E-state index contributed by atoms with van der Waals surface area (Å²) in [7, 11) is 0. The van der Waals surface area contributed by atoms with Crippen LogP contribution in [0.1, 0.15) is 45.1 Å². The van der Waals surface area contributed by atoms with Crippen LogP contribution in [0.5, 0.6) is 5.75 Å². The van der Waals surface area contributed by atoms with Crippen LogP contribution in [0, 0.1) is 20.8 Å². The van der Waals surface area contributed by atoms with Crippen molar-refractivity contribution < 1.29 is 14.3 Å². The normalized spacial score (nSPS) is 11.7. The zero-order chi connectivity index (χ0) is 18.6. The van der Waals surface area contributed by atoms with E-state index in [1.54, 1.807) is 6.92 Å². The molecule has 0 bridgehead atoms. The van der Waals surface area contributed by atoms with E-state index < -0.39 is 12.0 Å². The van der Waals surface area contributed by atoms with Crippen molar-refractivity contribution in [3.8, 4) is 5.75 Å². The molecule has 2 aromatic rings. The average molecular weight is 360 g/mol. The molecule has 1 aromatic heterocycles. The first-order chi connectivity index (χ1) is 11.8. The molecule has 0 aliphatic carbocycles. The number of rotatable bonds is 5. The van der Waals surface area contributed by atoms with Crippen LogP contribution in [0.2, 0.25) is 0 Å². The Balaban J connectivity index is 1.92. The minimum atomic E-state index is -0.725. The van der Waals surface area contributed by atoms with Crippen molar-refractivity contribution in [3.63, 3.8) is 0 Å². The van der Waals surface area contributed by atoms with Gasteiger partial charge in [0.1, 0.15) is 5.75 Å². The van der Waals surface area contributed by atoms with Gasteiger partial charge in [0, 0.05) is 4.88 Å². The van der Waals surface area contributed by atoms with Gasteiger partial charge in [-0.25, -0.2) is 0 Å². The Morgan fingerprint density at radius 2 is 1.92 bits per heavy atom. The third-order valence-corrected chi connectivity index (χ3v) is 5.24. The second-order valence-corrected chi connectivity index (χ2v) is 7.20. The van der Waals surface area contributed by atoms with E-state index in [0.717, 1.165) is 28.0 Å². The van der Waals surface area contributed by atoms with E-state index in [0.29, 0.717) is 10.6 Å². The van der Waals surface area contributed by atoms with Gasteiger partial charge in [-0.1, -0.05) is 19.1 Å². The molecule has 1 aromatic carbocycles. The second kappa shape index (κ2) is 8.16. The van der Waals surface area contributed by atoms with Crippen LogP contribution >= 0.6 is 11.3 Å². The summed E-state index contributed by atoms with van der Waals surface area (Å²) in [5, 5.41) is 0. The second-order valence-electron chi connectivity index (χ2n) is 5.95. The molecule has 0 saturated carbocycles. The molecule has 134 valence electrons. The molecule has 6 heteroatoms. The van der Waals surface area contributed by atoms with Crippen molar-refractivity contribution in [1.82, 2.24) is 10.9 Å².